The summed E-state index contributed by atoms with van der Waals surface area (Å²) in [5.74, 6) is 0.0206. The Kier molecular flexibility index (Phi) is 8.18. The number of carbonyl (C=O) groups excluding carboxylic acids is 2. The molecule has 0 fully saturated rings. The standard InChI is InChI=1S/C22H27NO6/c1-22(2,12-13-24)19(16-8-10-18(11-9-16)28-15-14-25)29-21(27)23-20(26)17-6-4-3-5-7-17/h3-11,19,24-25H,12-15H2,1-2H3,(H,23,26,27)/t19-/m0/s1. The van der Waals surface area contributed by atoms with Gasteiger partial charge in [0.15, 0.2) is 0 Å². The summed E-state index contributed by atoms with van der Waals surface area (Å²) in [6.07, 6.45) is -1.18. The van der Waals surface area contributed by atoms with E-state index in [-0.39, 0.29) is 19.8 Å². The van der Waals surface area contributed by atoms with Gasteiger partial charge in [0, 0.05) is 17.6 Å². The molecule has 0 aliphatic carbocycles. The van der Waals surface area contributed by atoms with Crippen molar-refractivity contribution in [2.24, 2.45) is 5.41 Å². The SMILES string of the molecule is CC(C)(CCO)[C@@H](OC(=O)NC(=O)c1ccccc1)c1ccc(OCCO)cc1. The van der Waals surface area contributed by atoms with Crippen LogP contribution in [0.25, 0.3) is 0 Å². The van der Waals surface area contributed by atoms with E-state index in [2.05, 4.69) is 5.32 Å². The molecule has 1 atom stereocenters. The highest BCUT2D eigenvalue weighted by Crippen LogP contribution is 2.39. The van der Waals surface area contributed by atoms with Gasteiger partial charge in [-0.05, 0) is 36.2 Å². The van der Waals surface area contributed by atoms with E-state index in [9.17, 15) is 14.7 Å². The van der Waals surface area contributed by atoms with E-state index in [1.807, 2.05) is 13.8 Å². The summed E-state index contributed by atoms with van der Waals surface area (Å²) in [5.41, 5.74) is 0.457. The fourth-order valence-electron chi connectivity index (χ4n) is 2.89. The van der Waals surface area contributed by atoms with E-state index >= 15 is 0 Å². The average molecular weight is 401 g/mol. The Labute approximate surface area is 170 Å². The molecule has 3 N–H and O–H groups in total. The highest BCUT2D eigenvalue weighted by atomic mass is 16.6. The maximum absolute atomic E-state index is 12.4. The highest BCUT2D eigenvalue weighted by Gasteiger charge is 2.34. The monoisotopic (exact) mass is 401 g/mol. The summed E-state index contributed by atoms with van der Waals surface area (Å²) in [6, 6.07) is 15.3. The first-order valence-corrected chi connectivity index (χ1v) is 9.39. The molecule has 7 heteroatoms. The number of hydrogen-bond acceptors (Lipinski definition) is 6. The Bertz CT molecular complexity index is 789. The summed E-state index contributed by atoms with van der Waals surface area (Å²) in [7, 11) is 0. The lowest BCUT2D eigenvalue weighted by Crippen LogP contribution is -2.36. The molecule has 0 unspecified atom stereocenters. The number of benzene rings is 2. The Morgan fingerprint density at radius 1 is 1.00 bits per heavy atom. The minimum atomic E-state index is -0.865. The first kappa shape index (κ1) is 22.4. The molecule has 0 saturated heterocycles. The number of carbonyl (C=O) groups is 2. The van der Waals surface area contributed by atoms with Crippen LogP contribution in [0.1, 0.15) is 42.3 Å². The molecule has 156 valence electrons. The number of aliphatic hydroxyl groups is 2. The predicted molar refractivity (Wildman–Crippen MR) is 108 cm³/mol. The van der Waals surface area contributed by atoms with E-state index in [1.54, 1.807) is 54.6 Å². The Morgan fingerprint density at radius 2 is 1.66 bits per heavy atom. The quantitative estimate of drug-likeness (QED) is 0.596. The van der Waals surface area contributed by atoms with Gasteiger partial charge in [0.25, 0.3) is 5.91 Å². The number of imide groups is 1. The lowest BCUT2D eigenvalue weighted by Gasteiger charge is -2.33. The van der Waals surface area contributed by atoms with Crippen molar-refractivity contribution in [1.29, 1.82) is 0 Å². The lowest BCUT2D eigenvalue weighted by atomic mass is 9.80. The second-order valence-electron chi connectivity index (χ2n) is 7.21. The van der Waals surface area contributed by atoms with E-state index in [4.69, 9.17) is 14.6 Å². The van der Waals surface area contributed by atoms with Crippen LogP contribution in [0.3, 0.4) is 0 Å². The molecule has 0 aliphatic heterocycles. The van der Waals surface area contributed by atoms with E-state index < -0.39 is 23.5 Å². The van der Waals surface area contributed by atoms with Crippen molar-refractivity contribution in [2.45, 2.75) is 26.4 Å². The molecule has 0 aliphatic rings. The Hall–Kier alpha value is -2.90. The minimum Gasteiger partial charge on any atom is -0.491 e. The third-order valence-corrected chi connectivity index (χ3v) is 4.49. The molecule has 2 aromatic rings. The van der Waals surface area contributed by atoms with Crippen LogP contribution >= 0.6 is 0 Å². The van der Waals surface area contributed by atoms with Crippen molar-refractivity contribution in [3.8, 4) is 5.75 Å². The van der Waals surface area contributed by atoms with Crippen molar-refractivity contribution in [2.75, 3.05) is 19.8 Å². The summed E-state index contributed by atoms with van der Waals surface area (Å²) < 4.78 is 11.0. The Balaban J connectivity index is 2.15. The smallest absolute Gasteiger partial charge is 0.414 e. The van der Waals surface area contributed by atoms with Crippen molar-refractivity contribution < 1.29 is 29.3 Å². The third-order valence-electron chi connectivity index (χ3n) is 4.49. The summed E-state index contributed by atoms with van der Waals surface area (Å²) >= 11 is 0. The zero-order chi connectivity index (χ0) is 21.3. The molecule has 0 saturated carbocycles. The molecule has 7 nitrogen and oxygen atoms in total. The number of alkyl carbamates (subject to hydrolysis) is 1. The van der Waals surface area contributed by atoms with E-state index in [0.717, 1.165) is 0 Å². The summed E-state index contributed by atoms with van der Waals surface area (Å²) in [6.45, 7) is 3.76. The van der Waals surface area contributed by atoms with Gasteiger partial charge in [-0.25, -0.2) is 4.79 Å². The number of nitrogens with one attached hydrogen (secondary N) is 1. The van der Waals surface area contributed by atoms with Crippen molar-refractivity contribution >= 4 is 12.0 Å². The van der Waals surface area contributed by atoms with Crippen LogP contribution in [-0.4, -0.2) is 42.0 Å². The van der Waals surface area contributed by atoms with E-state index in [1.165, 1.54) is 0 Å². The predicted octanol–water partition coefficient (Wildman–Crippen LogP) is 3.07. The molecule has 0 spiro atoms. The molecular weight excluding hydrogens is 374 g/mol. The first-order valence-electron chi connectivity index (χ1n) is 9.39. The van der Waals surface area contributed by atoms with Crippen LogP contribution in [0, 0.1) is 5.41 Å². The van der Waals surface area contributed by atoms with Crippen molar-refractivity contribution in [1.82, 2.24) is 5.32 Å². The summed E-state index contributed by atoms with van der Waals surface area (Å²) in [5, 5.41) is 20.5. The largest absolute Gasteiger partial charge is 0.491 e. The summed E-state index contributed by atoms with van der Waals surface area (Å²) in [4.78, 5) is 24.6. The molecule has 0 heterocycles. The maximum Gasteiger partial charge on any atom is 0.414 e. The molecule has 29 heavy (non-hydrogen) atoms. The number of aliphatic hydroxyl groups excluding tert-OH is 2. The second-order valence-corrected chi connectivity index (χ2v) is 7.21. The molecule has 0 aromatic heterocycles. The van der Waals surface area contributed by atoms with Crippen molar-refractivity contribution in [3.63, 3.8) is 0 Å². The molecule has 0 bridgehead atoms. The number of amides is 2. The van der Waals surface area contributed by atoms with Crippen molar-refractivity contribution in [3.05, 3.63) is 65.7 Å². The Morgan fingerprint density at radius 3 is 2.24 bits per heavy atom. The molecule has 2 amide bonds. The lowest BCUT2D eigenvalue weighted by molar-refractivity contribution is 0.00868. The zero-order valence-corrected chi connectivity index (χ0v) is 16.6. The number of ether oxygens (including phenoxy) is 2. The zero-order valence-electron chi connectivity index (χ0n) is 16.6. The van der Waals surface area contributed by atoms with Crippen LogP contribution in [0.2, 0.25) is 0 Å². The van der Waals surface area contributed by atoms with Gasteiger partial charge in [-0.15, -0.1) is 0 Å². The maximum atomic E-state index is 12.4. The van der Waals surface area contributed by atoms with Gasteiger partial charge in [-0.1, -0.05) is 44.2 Å². The molecule has 2 aromatic carbocycles. The third kappa shape index (κ3) is 6.58. The van der Waals surface area contributed by atoms with Crippen LogP contribution in [0.15, 0.2) is 54.6 Å². The topological polar surface area (TPSA) is 105 Å². The van der Waals surface area contributed by atoms with Gasteiger partial charge < -0.3 is 19.7 Å². The number of hydrogen-bond donors (Lipinski definition) is 3. The fourth-order valence-corrected chi connectivity index (χ4v) is 2.89. The van der Waals surface area contributed by atoms with Gasteiger partial charge in [0.05, 0.1) is 6.61 Å². The van der Waals surface area contributed by atoms with Crippen LogP contribution in [0.4, 0.5) is 4.79 Å². The van der Waals surface area contributed by atoms with Crippen LogP contribution < -0.4 is 10.1 Å². The molecular formula is C22H27NO6. The highest BCUT2D eigenvalue weighted by molar-refractivity contribution is 6.02. The fraction of sp³-hybridized carbons (Fsp3) is 0.364. The number of rotatable bonds is 9. The normalized spacial score (nSPS) is 12.1. The molecule has 0 radical (unpaired) electrons. The van der Waals surface area contributed by atoms with Gasteiger partial charge in [0.1, 0.15) is 18.5 Å². The van der Waals surface area contributed by atoms with Gasteiger partial charge >= 0.3 is 6.09 Å². The second kappa shape index (κ2) is 10.6. The molecule has 2 rings (SSSR count). The minimum absolute atomic E-state index is 0.0743. The van der Waals surface area contributed by atoms with Gasteiger partial charge in [-0.2, -0.15) is 0 Å². The van der Waals surface area contributed by atoms with E-state index in [0.29, 0.717) is 23.3 Å². The van der Waals surface area contributed by atoms with Crippen LogP contribution in [0.5, 0.6) is 5.75 Å². The first-order chi connectivity index (χ1) is 13.9. The average Bonchev–Trinajstić information content (AvgIpc) is 2.71. The van der Waals surface area contributed by atoms with Gasteiger partial charge in [0.2, 0.25) is 0 Å². The van der Waals surface area contributed by atoms with Gasteiger partial charge in [-0.3, -0.25) is 10.1 Å². The van der Waals surface area contributed by atoms with Crippen LogP contribution in [-0.2, 0) is 4.74 Å².